The normalized spacial score (nSPS) is 16.2. The van der Waals surface area contributed by atoms with Gasteiger partial charge in [-0.3, -0.25) is 9.20 Å². The molecule has 1 atom stereocenters. The lowest BCUT2D eigenvalue weighted by Crippen LogP contribution is -2.37. The maximum atomic E-state index is 14.9. The summed E-state index contributed by atoms with van der Waals surface area (Å²) >= 11 is 0. The number of rotatable bonds is 2. The monoisotopic (exact) mass is 459 g/mol. The predicted octanol–water partition coefficient (Wildman–Crippen LogP) is 3.97. The predicted molar refractivity (Wildman–Crippen MR) is 111 cm³/mol. The smallest absolute Gasteiger partial charge is 0.382 e. The molecule has 2 N–H and O–H groups in total. The molecule has 3 heterocycles. The van der Waals surface area contributed by atoms with Crippen molar-refractivity contribution in [3.8, 4) is 0 Å². The first-order valence-corrected chi connectivity index (χ1v) is 9.91. The Morgan fingerprint density at radius 1 is 1.24 bits per heavy atom. The number of anilines is 1. The molecule has 1 unspecified atom stereocenters. The molecule has 11 heteroatoms. The van der Waals surface area contributed by atoms with Gasteiger partial charge in [-0.2, -0.15) is 13.2 Å². The van der Waals surface area contributed by atoms with E-state index < -0.39 is 29.5 Å². The summed E-state index contributed by atoms with van der Waals surface area (Å²) in [4.78, 5) is 22.7. The van der Waals surface area contributed by atoms with E-state index in [0.717, 1.165) is 18.2 Å². The van der Waals surface area contributed by atoms with Crippen molar-refractivity contribution in [2.45, 2.75) is 18.8 Å². The molecular weight excluding hydrogens is 442 g/mol. The van der Waals surface area contributed by atoms with Crippen molar-refractivity contribution in [2.24, 2.45) is 0 Å². The molecule has 2 aromatic heterocycles. The van der Waals surface area contributed by atoms with E-state index in [2.05, 4.69) is 9.97 Å². The second-order valence-electron chi connectivity index (χ2n) is 7.83. The minimum Gasteiger partial charge on any atom is -0.382 e. The first-order chi connectivity index (χ1) is 15.6. The third kappa shape index (κ3) is 3.44. The molecule has 0 spiro atoms. The number of benzene rings is 2. The zero-order chi connectivity index (χ0) is 23.5. The Morgan fingerprint density at radius 3 is 2.79 bits per heavy atom. The number of nitrogens with zero attached hydrogens (tertiary/aromatic N) is 4. The molecule has 7 nitrogen and oxygen atoms in total. The van der Waals surface area contributed by atoms with Crippen LogP contribution < -0.4 is 5.73 Å². The van der Waals surface area contributed by atoms with Crippen LogP contribution in [0, 0.1) is 5.82 Å². The number of nitrogens with two attached hydrogens (primary N) is 1. The van der Waals surface area contributed by atoms with Gasteiger partial charge in [-0.25, -0.2) is 14.4 Å². The number of hydrogen-bond donors (Lipinski definition) is 1. The molecule has 1 aliphatic rings. The number of amides is 1. The van der Waals surface area contributed by atoms with E-state index in [1.807, 2.05) is 0 Å². The quantitative estimate of drug-likeness (QED) is 0.459. The largest absolute Gasteiger partial charge is 0.416 e. The van der Waals surface area contributed by atoms with Gasteiger partial charge in [0.25, 0.3) is 5.91 Å². The molecule has 170 valence electrons. The Morgan fingerprint density at radius 2 is 2.03 bits per heavy atom. The van der Waals surface area contributed by atoms with Gasteiger partial charge in [-0.15, -0.1) is 0 Å². The van der Waals surface area contributed by atoms with Gasteiger partial charge in [0.1, 0.15) is 17.2 Å². The summed E-state index contributed by atoms with van der Waals surface area (Å²) in [5, 5.41) is 0. The number of nitrogen functional groups attached to an aromatic ring is 1. The van der Waals surface area contributed by atoms with Crippen molar-refractivity contribution in [3.63, 3.8) is 0 Å². The number of carbonyl (C=O) groups is 1. The molecule has 0 fully saturated rings. The molecule has 5 rings (SSSR count). The van der Waals surface area contributed by atoms with Crippen LogP contribution in [0.2, 0.25) is 0 Å². The summed E-state index contributed by atoms with van der Waals surface area (Å²) in [6.07, 6.45) is -1.51. The Kier molecular flexibility index (Phi) is 4.74. The fourth-order valence-electron chi connectivity index (χ4n) is 4.12. The molecule has 0 radical (unpaired) electrons. The standard InChI is InChI=1S/C22H17F4N5O2/c1-30(19-9-33-8-11-4-12(22(24,25)26)2-3-13(11)19)21(32)14-5-17-16(6-15(14)23)29-20(27)18-7-28-10-31(17)18/h2-7,10,19H,8-9H2,1H3,(H2,27,29). The summed E-state index contributed by atoms with van der Waals surface area (Å²) in [6, 6.07) is 5.12. The van der Waals surface area contributed by atoms with Crippen LogP contribution in [0.5, 0.6) is 0 Å². The lowest BCUT2D eigenvalue weighted by molar-refractivity contribution is -0.137. The van der Waals surface area contributed by atoms with E-state index in [-0.39, 0.29) is 30.1 Å². The number of alkyl halides is 3. The van der Waals surface area contributed by atoms with Crippen LogP contribution in [-0.2, 0) is 17.5 Å². The lowest BCUT2D eigenvalue weighted by Gasteiger charge is -2.33. The van der Waals surface area contributed by atoms with Crippen LogP contribution in [-0.4, -0.2) is 38.8 Å². The summed E-state index contributed by atoms with van der Waals surface area (Å²) < 4.78 is 61.2. The van der Waals surface area contributed by atoms with Crippen molar-refractivity contribution in [2.75, 3.05) is 19.4 Å². The lowest BCUT2D eigenvalue weighted by atomic mass is 9.95. The number of ether oxygens (including phenoxy) is 1. The van der Waals surface area contributed by atoms with Crippen LogP contribution in [0.15, 0.2) is 42.9 Å². The third-order valence-corrected chi connectivity index (χ3v) is 5.85. The van der Waals surface area contributed by atoms with Gasteiger partial charge in [-0.05, 0) is 29.3 Å². The summed E-state index contributed by atoms with van der Waals surface area (Å²) in [5.41, 5.74) is 6.93. The van der Waals surface area contributed by atoms with Crippen LogP contribution in [0.25, 0.3) is 16.6 Å². The highest BCUT2D eigenvalue weighted by atomic mass is 19.4. The van der Waals surface area contributed by atoms with Crippen LogP contribution >= 0.6 is 0 Å². The number of hydrogen-bond acceptors (Lipinski definition) is 5. The van der Waals surface area contributed by atoms with Crippen LogP contribution in [0.1, 0.15) is 33.1 Å². The van der Waals surface area contributed by atoms with Crippen molar-refractivity contribution in [3.05, 3.63) is 70.9 Å². The van der Waals surface area contributed by atoms with Crippen LogP contribution in [0.3, 0.4) is 0 Å². The van der Waals surface area contributed by atoms with Gasteiger partial charge >= 0.3 is 6.18 Å². The maximum absolute atomic E-state index is 14.9. The minimum atomic E-state index is -4.49. The molecule has 0 saturated heterocycles. The highest BCUT2D eigenvalue weighted by Crippen LogP contribution is 2.36. The number of halogens is 4. The van der Waals surface area contributed by atoms with E-state index in [1.165, 1.54) is 36.6 Å². The molecule has 1 amide bonds. The van der Waals surface area contributed by atoms with Gasteiger partial charge in [-0.1, -0.05) is 6.07 Å². The number of carbonyl (C=O) groups excluding carboxylic acids is 1. The van der Waals surface area contributed by atoms with Crippen molar-refractivity contribution in [1.29, 1.82) is 0 Å². The molecular formula is C22H17F4N5O2. The average Bonchev–Trinajstić information content (AvgIpc) is 3.27. The maximum Gasteiger partial charge on any atom is 0.416 e. The van der Waals surface area contributed by atoms with Gasteiger partial charge in [0.2, 0.25) is 0 Å². The van der Waals surface area contributed by atoms with E-state index in [1.54, 1.807) is 4.40 Å². The summed E-state index contributed by atoms with van der Waals surface area (Å²) in [5.74, 6) is -1.28. The minimum absolute atomic E-state index is 0.00613. The first kappa shape index (κ1) is 21.1. The zero-order valence-corrected chi connectivity index (χ0v) is 17.2. The number of likely N-dealkylation sites (N-methyl/N-ethyl adjacent to an activating group) is 1. The second-order valence-corrected chi connectivity index (χ2v) is 7.83. The van der Waals surface area contributed by atoms with Crippen LogP contribution in [0.4, 0.5) is 23.4 Å². The molecule has 0 saturated carbocycles. The van der Waals surface area contributed by atoms with Gasteiger partial charge < -0.3 is 15.4 Å². The number of fused-ring (bicyclic) bond motifs is 4. The number of aromatic nitrogens is 3. The van der Waals surface area contributed by atoms with E-state index in [4.69, 9.17) is 10.5 Å². The molecule has 0 aliphatic carbocycles. The molecule has 4 aromatic rings. The highest BCUT2D eigenvalue weighted by molar-refractivity contribution is 5.98. The Hall–Kier alpha value is -3.73. The molecule has 2 aromatic carbocycles. The second kappa shape index (κ2) is 7.41. The van der Waals surface area contributed by atoms with Gasteiger partial charge in [0.05, 0.1) is 53.9 Å². The van der Waals surface area contributed by atoms with E-state index in [0.29, 0.717) is 22.2 Å². The summed E-state index contributed by atoms with van der Waals surface area (Å²) in [7, 11) is 1.46. The SMILES string of the molecule is CN(C(=O)c1cc2c(cc1F)nc(N)c1cncn12)C1COCc2cc(C(F)(F)F)ccc21. The Balaban J connectivity index is 1.54. The number of imidazole rings is 1. The summed E-state index contributed by atoms with van der Waals surface area (Å²) in [6.45, 7) is 0.0630. The molecule has 0 bridgehead atoms. The Bertz CT molecular complexity index is 1420. The van der Waals surface area contributed by atoms with Gasteiger partial charge in [0.15, 0.2) is 0 Å². The molecule has 33 heavy (non-hydrogen) atoms. The zero-order valence-electron chi connectivity index (χ0n) is 17.2. The topological polar surface area (TPSA) is 85.8 Å². The van der Waals surface area contributed by atoms with Crippen molar-refractivity contribution < 1.29 is 27.1 Å². The Labute approximate surface area is 184 Å². The van der Waals surface area contributed by atoms with E-state index in [9.17, 15) is 22.4 Å². The van der Waals surface area contributed by atoms with E-state index >= 15 is 0 Å². The molecule has 1 aliphatic heterocycles. The fraction of sp³-hybridized carbons (Fsp3) is 0.227. The fourth-order valence-corrected chi connectivity index (χ4v) is 4.12. The first-order valence-electron chi connectivity index (χ1n) is 9.91. The van der Waals surface area contributed by atoms with Crippen molar-refractivity contribution >= 4 is 28.3 Å². The average molecular weight is 459 g/mol. The van der Waals surface area contributed by atoms with Crippen molar-refractivity contribution in [1.82, 2.24) is 19.3 Å². The highest BCUT2D eigenvalue weighted by Gasteiger charge is 2.34. The van der Waals surface area contributed by atoms with Gasteiger partial charge in [0, 0.05) is 13.1 Å². The third-order valence-electron chi connectivity index (χ3n) is 5.85.